The van der Waals surface area contributed by atoms with Crippen molar-refractivity contribution in [3.05, 3.63) is 58.9 Å². The lowest BCUT2D eigenvalue weighted by molar-refractivity contribution is -0.136. The van der Waals surface area contributed by atoms with Crippen LogP contribution in [0, 0.1) is 5.92 Å². The molecule has 27 heavy (non-hydrogen) atoms. The zero-order valence-electron chi connectivity index (χ0n) is 16.4. The summed E-state index contributed by atoms with van der Waals surface area (Å²) in [6.07, 6.45) is 10.1. The first-order valence-electron chi connectivity index (χ1n) is 10.3. The number of hydrogen-bond acceptors (Lipinski definition) is 1. The first kappa shape index (κ1) is 20.0. The first-order valence-corrected chi connectivity index (χ1v) is 10.7. The fourth-order valence-corrected chi connectivity index (χ4v) is 4.24. The lowest BCUT2D eigenvalue weighted by atomic mass is 10.1. The van der Waals surface area contributed by atoms with Gasteiger partial charge < -0.3 is 9.47 Å². The smallest absolute Gasteiger partial charge is 0.226 e. The Morgan fingerprint density at radius 2 is 2.00 bits per heavy atom. The number of aromatic nitrogens is 1. The van der Waals surface area contributed by atoms with E-state index < -0.39 is 0 Å². The van der Waals surface area contributed by atoms with Crippen LogP contribution in [0.25, 0.3) is 0 Å². The van der Waals surface area contributed by atoms with Crippen LogP contribution in [0.5, 0.6) is 0 Å². The van der Waals surface area contributed by atoms with Crippen LogP contribution >= 0.6 is 11.6 Å². The molecule has 1 aliphatic rings. The number of hydrogen-bond donors (Lipinski definition) is 0. The molecule has 0 N–H and O–H groups in total. The van der Waals surface area contributed by atoms with Gasteiger partial charge in [-0.05, 0) is 49.1 Å². The van der Waals surface area contributed by atoms with Gasteiger partial charge in [0.2, 0.25) is 5.91 Å². The van der Waals surface area contributed by atoms with Crippen LogP contribution in [-0.4, -0.2) is 21.9 Å². The third-order valence-electron chi connectivity index (χ3n) is 5.57. The SMILES string of the molecule is CCCCCN(Cc1cccn1Cc1cccc(Cl)c1)C(=O)C1CCCC1. The molecule has 3 rings (SSSR count). The van der Waals surface area contributed by atoms with E-state index in [0.29, 0.717) is 12.5 Å². The Bertz CT molecular complexity index is 733. The van der Waals surface area contributed by atoms with E-state index in [-0.39, 0.29) is 5.92 Å². The van der Waals surface area contributed by atoms with Crippen LogP contribution in [0.1, 0.15) is 63.1 Å². The van der Waals surface area contributed by atoms with Crippen LogP contribution < -0.4 is 0 Å². The number of carbonyl (C=O) groups is 1. The van der Waals surface area contributed by atoms with Crippen LogP contribution in [0.3, 0.4) is 0 Å². The lowest BCUT2D eigenvalue weighted by Crippen LogP contribution is -2.36. The minimum atomic E-state index is 0.239. The highest BCUT2D eigenvalue weighted by Crippen LogP contribution is 2.27. The molecule has 0 saturated heterocycles. The third kappa shape index (κ3) is 5.62. The highest BCUT2D eigenvalue weighted by atomic mass is 35.5. The molecule has 0 spiro atoms. The molecular weight excluding hydrogens is 356 g/mol. The van der Waals surface area contributed by atoms with Gasteiger partial charge in [0, 0.05) is 35.9 Å². The summed E-state index contributed by atoms with van der Waals surface area (Å²) in [5.74, 6) is 0.599. The van der Waals surface area contributed by atoms with E-state index in [1.54, 1.807) is 0 Å². The predicted molar refractivity (Wildman–Crippen MR) is 112 cm³/mol. The molecule has 1 aliphatic carbocycles. The zero-order chi connectivity index (χ0) is 19.1. The standard InChI is InChI=1S/C23H31ClN2O/c1-2-3-6-14-26(23(27)20-10-4-5-11-20)18-22-13-8-15-25(22)17-19-9-7-12-21(24)16-19/h7-9,12-13,15-16,20H,2-6,10-11,14,17-18H2,1H3. The number of nitrogens with zero attached hydrogens (tertiary/aromatic N) is 2. The highest BCUT2D eigenvalue weighted by molar-refractivity contribution is 6.30. The number of benzene rings is 1. The largest absolute Gasteiger partial charge is 0.345 e. The summed E-state index contributed by atoms with van der Waals surface area (Å²) in [7, 11) is 0. The molecule has 0 atom stereocenters. The van der Waals surface area contributed by atoms with Crippen LogP contribution in [-0.2, 0) is 17.9 Å². The molecule has 146 valence electrons. The molecule has 0 bridgehead atoms. The summed E-state index contributed by atoms with van der Waals surface area (Å²) in [6.45, 7) is 4.56. The van der Waals surface area contributed by atoms with E-state index >= 15 is 0 Å². The van der Waals surface area contributed by atoms with Crippen molar-refractivity contribution in [2.45, 2.75) is 65.0 Å². The van der Waals surface area contributed by atoms with Gasteiger partial charge >= 0.3 is 0 Å². The molecule has 3 nitrogen and oxygen atoms in total. The van der Waals surface area contributed by atoms with Gasteiger partial charge in [0.1, 0.15) is 0 Å². The van der Waals surface area contributed by atoms with Gasteiger partial charge in [-0.2, -0.15) is 0 Å². The van der Waals surface area contributed by atoms with E-state index in [2.05, 4.69) is 40.8 Å². The maximum Gasteiger partial charge on any atom is 0.226 e. The number of rotatable bonds is 9. The number of amides is 1. The molecule has 1 aromatic carbocycles. The zero-order valence-corrected chi connectivity index (χ0v) is 17.1. The summed E-state index contributed by atoms with van der Waals surface area (Å²) in [5.41, 5.74) is 2.37. The molecule has 0 radical (unpaired) electrons. The van der Waals surface area contributed by atoms with Crippen LogP contribution in [0.4, 0.5) is 0 Å². The Morgan fingerprint density at radius 3 is 2.74 bits per heavy atom. The Kier molecular flexibility index (Phi) is 7.40. The lowest BCUT2D eigenvalue weighted by Gasteiger charge is -2.26. The van der Waals surface area contributed by atoms with Gasteiger partial charge in [0.05, 0.1) is 6.54 Å². The van der Waals surface area contributed by atoms with Gasteiger partial charge in [0.25, 0.3) is 0 Å². The molecule has 0 unspecified atom stereocenters. The van der Waals surface area contributed by atoms with Crippen molar-refractivity contribution in [2.75, 3.05) is 6.54 Å². The molecular formula is C23H31ClN2O. The van der Waals surface area contributed by atoms with Gasteiger partial charge in [-0.25, -0.2) is 0 Å². The van der Waals surface area contributed by atoms with Crippen molar-refractivity contribution < 1.29 is 4.79 Å². The molecule has 0 aliphatic heterocycles. The van der Waals surface area contributed by atoms with Crippen molar-refractivity contribution >= 4 is 17.5 Å². The van der Waals surface area contributed by atoms with E-state index in [1.807, 2.05) is 18.2 Å². The first-order chi connectivity index (χ1) is 13.2. The number of unbranched alkanes of at least 4 members (excludes halogenated alkanes) is 2. The van der Waals surface area contributed by atoms with Gasteiger partial charge in [0.15, 0.2) is 0 Å². The summed E-state index contributed by atoms with van der Waals surface area (Å²) >= 11 is 6.13. The van der Waals surface area contributed by atoms with Gasteiger partial charge in [-0.1, -0.05) is 56.3 Å². The Balaban J connectivity index is 1.71. The fraction of sp³-hybridized carbons (Fsp3) is 0.522. The average Bonchev–Trinajstić information content (AvgIpc) is 3.33. The molecule has 1 aromatic heterocycles. The summed E-state index contributed by atoms with van der Waals surface area (Å²) in [4.78, 5) is 15.2. The number of carbonyl (C=O) groups excluding carboxylic acids is 1. The van der Waals surface area contributed by atoms with E-state index in [1.165, 1.54) is 36.9 Å². The second kappa shape index (κ2) is 9.98. The van der Waals surface area contributed by atoms with E-state index in [9.17, 15) is 4.79 Å². The Hall–Kier alpha value is -1.74. The normalized spacial score (nSPS) is 14.6. The van der Waals surface area contributed by atoms with Crippen LogP contribution in [0.2, 0.25) is 5.02 Å². The minimum absolute atomic E-state index is 0.239. The molecule has 2 aromatic rings. The van der Waals surface area contributed by atoms with Crippen molar-refractivity contribution in [1.29, 1.82) is 0 Å². The fourth-order valence-electron chi connectivity index (χ4n) is 4.03. The van der Waals surface area contributed by atoms with Crippen molar-refractivity contribution in [3.63, 3.8) is 0 Å². The molecule has 1 amide bonds. The van der Waals surface area contributed by atoms with Crippen LogP contribution in [0.15, 0.2) is 42.6 Å². The van der Waals surface area contributed by atoms with Gasteiger partial charge in [-0.15, -0.1) is 0 Å². The second-order valence-corrected chi connectivity index (χ2v) is 8.14. The molecule has 1 heterocycles. The monoisotopic (exact) mass is 386 g/mol. The topological polar surface area (TPSA) is 25.2 Å². The van der Waals surface area contributed by atoms with Crippen molar-refractivity contribution in [3.8, 4) is 0 Å². The maximum absolute atomic E-state index is 13.1. The summed E-state index contributed by atoms with van der Waals surface area (Å²) in [5, 5.41) is 0.763. The second-order valence-electron chi connectivity index (χ2n) is 7.71. The quantitative estimate of drug-likeness (QED) is 0.492. The predicted octanol–water partition coefficient (Wildman–Crippen LogP) is 5.90. The van der Waals surface area contributed by atoms with Crippen molar-refractivity contribution in [1.82, 2.24) is 9.47 Å². The molecule has 4 heteroatoms. The molecule has 1 saturated carbocycles. The average molecular weight is 387 g/mol. The van der Waals surface area contributed by atoms with E-state index in [0.717, 1.165) is 37.4 Å². The van der Waals surface area contributed by atoms with Crippen molar-refractivity contribution in [2.24, 2.45) is 5.92 Å². The third-order valence-corrected chi connectivity index (χ3v) is 5.80. The number of halogens is 1. The minimum Gasteiger partial charge on any atom is -0.345 e. The summed E-state index contributed by atoms with van der Waals surface area (Å²) < 4.78 is 2.24. The molecule has 1 fully saturated rings. The summed E-state index contributed by atoms with van der Waals surface area (Å²) in [6, 6.07) is 12.2. The maximum atomic E-state index is 13.1. The van der Waals surface area contributed by atoms with Gasteiger partial charge in [-0.3, -0.25) is 4.79 Å². The van der Waals surface area contributed by atoms with E-state index in [4.69, 9.17) is 11.6 Å². The highest BCUT2D eigenvalue weighted by Gasteiger charge is 2.27. The Morgan fingerprint density at radius 1 is 1.19 bits per heavy atom. The Labute approximate surface area is 168 Å².